The first-order valence-corrected chi connectivity index (χ1v) is 6.01. The molecule has 18 heavy (non-hydrogen) atoms. The predicted molar refractivity (Wildman–Crippen MR) is 68.4 cm³/mol. The molecule has 0 radical (unpaired) electrons. The number of carboxylic acids is 1. The van der Waals surface area contributed by atoms with Gasteiger partial charge in [-0.3, -0.25) is 4.79 Å². The molecule has 4 heteroatoms. The minimum Gasteiger partial charge on any atom is -0.493 e. The molecule has 0 aliphatic heterocycles. The standard InChI is InChI=1S/C14H18O4/c1-4-7-18-12-6-5-10(14(16)17)8-11(12)13(15)9(2)3/h5-6,8-9H,4,7H2,1-3H3,(H,16,17). The van der Waals surface area contributed by atoms with Gasteiger partial charge < -0.3 is 9.84 Å². The highest BCUT2D eigenvalue weighted by Gasteiger charge is 2.18. The molecule has 0 atom stereocenters. The number of hydrogen-bond donors (Lipinski definition) is 1. The van der Waals surface area contributed by atoms with E-state index in [0.717, 1.165) is 6.42 Å². The van der Waals surface area contributed by atoms with Crippen LogP contribution in [0.5, 0.6) is 5.75 Å². The van der Waals surface area contributed by atoms with Gasteiger partial charge in [-0.25, -0.2) is 4.79 Å². The van der Waals surface area contributed by atoms with E-state index in [2.05, 4.69) is 0 Å². The smallest absolute Gasteiger partial charge is 0.335 e. The minimum atomic E-state index is -1.05. The molecule has 1 aromatic rings. The summed E-state index contributed by atoms with van der Waals surface area (Å²) in [7, 11) is 0. The third-order valence-electron chi connectivity index (χ3n) is 2.48. The first-order chi connectivity index (χ1) is 8.47. The molecule has 0 fully saturated rings. The second-order valence-electron chi connectivity index (χ2n) is 4.38. The van der Waals surface area contributed by atoms with Crippen LogP contribution in [0.2, 0.25) is 0 Å². The van der Waals surface area contributed by atoms with E-state index in [1.807, 2.05) is 6.92 Å². The first-order valence-electron chi connectivity index (χ1n) is 6.01. The van der Waals surface area contributed by atoms with Gasteiger partial charge in [0.25, 0.3) is 0 Å². The van der Waals surface area contributed by atoms with Gasteiger partial charge in [-0.15, -0.1) is 0 Å². The number of ketones is 1. The van der Waals surface area contributed by atoms with Crippen molar-refractivity contribution >= 4 is 11.8 Å². The van der Waals surface area contributed by atoms with Gasteiger partial charge >= 0.3 is 5.97 Å². The number of carboxylic acid groups (broad SMARTS) is 1. The Morgan fingerprint density at radius 1 is 1.33 bits per heavy atom. The molecule has 0 bridgehead atoms. The molecule has 0 saturated carbocycles. The van der Waals surface area contributed by atoms with E-state index in [-0.39, 0.29) is 17.3 Å². The molecule has 0 heterocycles. The topological polar surface area (TPSA) is 63.6 Å². The molecule has 0 spiro atoms. The van der Waals surface area contributed by atoms with Crippen LogP contribution in [-0.4, -0.2) is 23.5 Å². The Balaban J connectivity index is 3.17. The van der Waals surface area contributed by atoms with Gasteiger partial charge in [0.05, 0.1) is 17.7 Å². The summed E-state index contributed by atoms with van der Waals surface area (Å²) in [5.41, 5.74) is 0.446. The van der Waals surface area contributed by atoms with E-state index in [4.69, 9.17) is 9.84 Å². The van der Waals surface area contributed by atoms with Crippen molar-refractivity contribution in [2.75, 3.05) is 6.61 Å². The van der Waals surface area contributed by atoms with Crippen molar-refractivity contribution in [3.8, 4) is 5.75 Å². The number of carbonyl (C=O) groups is 2. The van der Waals surface area contributed by atoms with Gasteiger partial charge in [0.15, 0.2) is 5.78 Å². The zero-order valence-electron chi connectivity index (χ0n) is 10.9. The van der Waals surface area contributed by atoms with Gasteiger partial charge in [0.1, 0.15) is 5.75 Å². The van der Waals surface area contributed by atoms with Crippen LogP contribution in [0.1, 0.15) is 47.9 Å². The summed E-state index contributed by atoms with van der Waals surface area (Å²) < 4.78 is 5.48. The molecular weight excluding hydrogens is 232 g/mol. The van der Waals surface area contributed by atoms with Crippen molar-refractivity contribution in [3.63, 3.8) is 0 Å². The van der Waals surface area contributed by atoms with E-state index in [9.17, 15) is 9.59 Å². The second-order valence-corrected chi connectivity index (χ2v) is 4.38. The van der Waals surface area contributed by atoms with E-state index in [1.54, 1.807) is 19.9 Å². The highest BCUT2D eigenvalue weighted by molar-refractivity contribution is 6.02. The number of rotatable bonds is 6. The molecule has 0 amide bonds. The Hall–Kier alpha value is -1.84. The van der Waals surface area contributed by atoms with E-state index < -0.39 is 5.97 Å². The number of benzene rings is 1. The lowest BCUT2D eigenvalue weighted by molar-refractivity contribution is 0.0697. The third-order valence-corrected chi connectivity index (χ3v) is 2.48. The summed E-state index contributed by atoms with van der Waals surface area (Å²) in [6.07, 6.45) is 0.829. The van der Waals surface area contributed by atoms with Crippen molar-refractivity contribution in [2.45, 2.75) is 27.2 Å². The molecule has 1 N–H and O–H groups in total. The number of ether oxygens (including phenoxy) is 1. The maximum Gasteiger partial charge on any atom is 0.335 e. The fourth-order valence-corrected chi connectivity index (χ4v) is 1.50. The molecule has 4 nitrogen and oxygen atoms in total. The third kappa shape index (κ3) is 3.32. The van der Waals surface area contributed by atoms with E-state index in [0.29, 0.717) is 17.9 Å². The number of carbonyl (C=O) groups excluding carboxylic acids is 1. The summed E-state index contributed by atoms with van der Waals surface area (Å²) in [5, 5.41) is 8.94. The molecule has 0 unspecified atom stereocenters. The normalized spacial score (nSPS) is 10.4. The van der Waals surface area contributed by atoms with Crippen molar-refractivity contribution in [1.29, 1.82) is 0 Å². The average Bonchev–Trinajstić information content (AvgIpc) is 2.34. The van der Waals surface area contributed by atoms with Crippen LogP contribution in [0.25, 0.3) is 0 Å². The SMILES string of the molecule is CCCOc1ccc(C(=O)O)cc1C(=O)C(C)C. The Bertz CT molecular complexity index is 449. The van der Waals surface area contributed by atoms with Crippen LogP contribution in [0.4, 0.5) is 0 Å². The Labute approximate surface area is 107 Å². The van der Waals surface area contributed by atoms with Gasteiger partial charge in [-0.05, 0) is 24.6 Å². The monoisotopic (exact) mass is 250 g/mol. The molecule has 98 valence electrons. The van der Waals surface area contributed by atoms with Crippen molar-refractivity contribution < 1.29 is 19.4 Å². The van der Waals surface area contributed by atoms with Crippen LogP contribution in [0.15, 0.2) is 18.2 Å². The Morgan fingerprint density at radius 3 is 2.50 bits per heavy atom. The second kappa shape index (κ2) is 6.19. The van der Waals surface area contributed by atoms with Gasteiger partial charge in [0.2, 0.25) is 0 Å². The molecule has 1 aromatic carbocycles. The van der Waals surface area contributed by atoms with Crippen LogP contribution in [0.3, 0.4) is 0 Å². The van der Waals surface area contributed by atoms with Crippen LogP contribution < -0.4 is 4.74 Å². The Kier molecular flexibility index (Phi) is 4.89. The van der Waals surface area contributed by atoms with Crippen LogP contribution in [-0.2, 0) is 0 Å². The zero-order valence-corrected chi connectivity index (χ0v) is 10.9. The largest absolute Gasteiger partial charge is 0.493 e. The van der Waals surface area contributed by atoms with Gasteiger partial charge in [-0.2, -0.15) is 0 Å². The summed E-state index contributed by atoms with van der Waals surface area (Å²) in [6.45, 7) is 6.03. The zero-order chi connectivity index (χ0) is 13.7. The maximum atomic E-state index is 12.0. The van der Waals surface area contributed by atoms with Crippen molar-refractivity contribution in [3.05, 3.63) is 29.3 Å². The van der Waals surface area contributed by atoms with E-state index in [1.165, 1.54) is 12.1 Å². The lowest BCUT2D eigenvalue weighted by Crippen LogP contribution is -2.12. The van der Waals surface area contributed by atoms with Crippen molar-refractivity contribution in [1.82, 2.24) is 0 Å². The van der Waals surface area contributed by atoms with E-state index >= 15 is 0 Å². The number of hydrogen-bond acceptors (Lipinski definition) is 3. The van der Waals surface area contributed by atoms with Gasteiger partial charge in [-0.1, -0.05) is 20.8 Å². The molecule has 0 aromatic heterocycles. The summed E-state index contributed by atoms with van der Waals surface area (Å²) in [6, 6.07) is 4.38. The van der Waals surface area contributed by atoms with Crippen molar-refractivity contribution in [2.24, 2.45) is 5.92 Å². The summed E-state index contributed by atoms with van der Waals surface area (Å²) in [4.78, 5) is 22.9. The molecule has 1 rings (SSSR count). The molecule has 0 aliphatic rings. The minimum absolute atomic E-state index is 0.0999. The predicted octanol–water partition coefficient (Wildman–Crippen LogP) is 3.01. The van der Waals surface area contributed by atoms with Gasteiger partial charge in [0, 0.05) is 5.92 Å². The lowest BCUT2D eigenvalue weighted by Gasteiger charge is -2.12. The number of aromatic carboxylic acids is 1. The molecular formula is C14H18O4. The maximum absolute atomic E-state index is 12.0. The summed E-state index contributed by atoms with van der Waals surface area (Å²) in [5.74, 6) is -0.891. The Morgan fingerprint density at radius 2 is 2.00 bits per heavy atom. The number of Topliss-reactive ketones (excluding diaryl/α,β-unsaturated/α-hetero) is 1. The quantitative estimate of drug-likeness (QED) is 0.788. The first kappa shape index (κ1) is 14.2. The highest BCUT2D eigenvalue weighted by Crippen LogP contribution is 2.23. The van der Waals surface area contributed by atoms with Crippen LogP contribution >= 0.6 is 0 Å². The van der Waals surface area contributed by atoms with Crippen LogP contribution in [0, 0.1) is 5.92 Å². The highest BCUT2D eigenvalue weighted by atomic mass is 16.5. The molecule has 0 saturated heterocycles. The molecule has 0 aliphatic carbocycles. The fraction of sp³-hybridized carbons (Fsp3) is 0.429. The fourth-order valence-electron chi connectivity index (χ4n) is 1.50. The average molecular weight is 250 g/mol. The lowest BCUT2D eigenvalue weighted by atomic mass is 9.98. The summed E-state index contributed by atoms with van der Waals surface area (Å²) >= 11 is 0.